The van der Waals surface area contributed by atoms with Crippen LogP contribution in [-0.2, 0) is 140 Å². The lowest BCUT2D eigenvalue weighted by atomic mass is 9.94. The summed E-state index contributed by atoms with van der Waals surface area (Å²) in [5.41, 5.74) is 12.1. The smallest absolute Gasteiger partial charge is 0.397 e. The van der Waals surface area contributed by atoms with E-state index >= 15 is 0 Å². The molecular weight excluding hydrogens is 1250 g/mol. The zero-order valence-electron chi connectivity index (χ0n) is 42.0. The summed E-state index contributed by atoms with van der Waals surface area (Å²) in [6.45, 7) is -3.75. The average Bonchev–Trinajstić information content (AvgIpc) is 3.55. The van der Waals surface area contributed by atoms with Crippen LogP contribution in [0.4, 0.5) is 0 Å². The number of aliphatic hydroxyl groups is 4. The summed E-state index contributed by atoms with van der Waals surface area (Å²) in [7, 11) is -23.9. The standard InChI is InChI=1S/C34H59N3O40S5/c1-61-15-10(7-65-79(49,50)51)68-32(13(20(15)62-2)37-78(46,47)48)72-24-23(63-3)27(64-4)34(74-26(24)29(43)44)70-17-9(6-39)67-31(12(36)19(17)76-81(55,56)57)71-21-14(40)22(77-82(58,59)60)33(73-25(21)28(41)42)69-16-8(5-38)66-30(45)11(35)18(16)75-80(52,53)54/h8-27,30-34,37-40,45H,5-7,35-36H2,1-4H3,(H,41,42)(H,43,44)(H,46,47,48)(H,49,50,51)(H,52,53,54)(H,55,56,57)(H,58,59,60)/t8-,9-,10-,11-,12-,13-,14+,15-,16-,17-,18-,19-,20-,21+,22-,23+,24+,25-,26+,27-,30+,31-,32-,33-,34-/m1/s1. The summed E-state index contributed by atoms with van der Waals surface area (Å²) in [4.78, 5) is 25.9. The zero-order valence-corrected chi connectivity index (χ0v) is 46.1. The zero-order chi connectivity index (χ0) is 61.9. The second-order valence-corrected chi connectivity index (χ2v) is 23.1. The van der Waals surface area contributed by atoms with Crippen molar-refractivity contribution in [3.63, 3.8) is 0 Å². The Bertz CT molecular complexity index is 2730. The van der Waals surface area contributed by atoms with Crippen LogP contribution >= 0.6 is 0 Å². The van der Waals surface area contributed by atoms with Crippen LogP contribution < -0.4 is 16.2 Å². The molecule has 0 aromatic rings. The van der Waals surface area contributed by atoms with Gasteiger partial charge in [0.05, 0.1) is 31.9 Å². The third kappa shape index (κ3) is 17.8. The predicted octanol–water partition coefficient (Wildman–Crippen LogP) is -10.5. The first-order valence-corrected chi connectivity index (χ1v) is 29.6. The maximum absolute atomic E-state index is 13.1. The van der Waals surface area contributed by atoms with E-state index in [9.17, 15) is 105 Å². The normalized spacial score (nSPS) is 41.0. The van der Waals surface area contributed by atoms with Gasteiger partial charge in [0.25, 0.3) is 0 Å². The molecule has 0 bridgehead atoms. The van der Waals surface area contributed by atoms with Crippen molar-refractivity contribution >= 4 is 63.8 Å². The SMILES string of the molecule is CO[C@@H]1[C@@H](OC)[C@H](O[C@H]2[C@H](OS(=O)(=O)O)[C@@H](N)[C@@H](O[C@H]3[C@H](O)[C@@H](OS(=O)(=O)O)[C@H](O[C@H]4[C@H](OS(=O)(=O)O)[C@@H](N)[C@@H](O)O[C@@H]4CO)O[C@H]3C(=O)O)O[C@@H]2CO)O[C@H](C(=O)O)[C@H]1O[C@H]1O[C@H](COS(=O)(=O)O)[C@@H](OC)[C@H](OC)[C@H]1NS(=O)(=O)O. The molecule has 5 heterocycles. The van der Waals surface area contributed by atoms with Crippen LogP contribution in [0, 0.1) is 0 Å². The molecule has 5 fully saturated rings. The van der Waals surface area contributed by atoms with E-state index in [0.29, 0.717) is 0 Å². The Kier molecular flexibility index (Phi) is 24.1. The van der Waals surface area contributed by atoms with Gasteiger partial charge in [-0.05, 0) is 0 Å². The van der Waals surface area contributed by atoms with E-state index in [4.69, 9.17) is 77.2 Å². The quantitative estimate of drug-likeness (QED) is 0.0340. The van der Waals surface area contributed by atoms with E-state index in [1.807, 2.05) is 0 Å². The summed E-state index contributed by atoms with van der Waals surface area (Å²) >= 11 is 0. The molecular formula is C34H59N3O40S5. The van der Waals surface area contributed by atoms with E-state index in [2.05, 4.69) is 12.5 Å². The molecule has 480 valence electrons. The monoisotopic (exact) mass is 1310 g/mol. The maximum Gasteiger partial charge on any atom is 0.397 e. The van der Waals surface area contributed by atoms with Crippen molar-refractivity contribution in [1.82, 2.24) is 4.72 Å². The Labute approximate surface area is 463 Å². The minimum absolute atomic E-state index is 0.910. The second-order valence-electron chi connectivity index (χ2n) is 17.7. The van der Waals surface area contributed by atoms with Crippen molar-refractivity contribution in [1.29, 1.82) is 0 Å². The molecule has 0 aromatic heterocycles. The van der Waals surface area contributed by atoms with Gasteiger partial charge >= 0.3 is 63.8 Å². The molecule has 0 aliphatic carbocycles. The van der Waals surface area contributed by atoms with E-state index in [-0.39, 0.29) is 0 Å². The Morgan fingerprint density at radius 1 is 0.463 bits per heavy atom. The van der Waals surface area contributed by atoms with Crippen LogP contribution in [0.2, 0.25) is 0 Å². The van der Waals surface area contributed by atoms with Gasteiger partial charge in [-0.2, -0.15) is 46.8 Å². The lowest BCUT2D eigenvalue weighted by molar-refractivity contribution is -0.374. The van der Waals surface area contributed by atoms with E-state index < -0.39 is 237 Å². The highest BCUT2D eigenvalue weighted by atomic mass is 32.3. The summed E-state index contributed by atoms with van der Waals surface area (Å²) < 4.78 is 260. The topological polar surface area (TPSA) is 648 Å². The number of carbonyl (C=O) groups is 2. The second kappa shape index (κ2) is 28.1. The minimum Gasteiger partial charge on any atom is -0.479 e. The van der Waals surface area contributed by atoms with Crippen LogP contribution in [-0.4, -0.2) is 309 Å². The molecule has 0 radical (unpaired) electrons. The van der Waals surface area contributed by atoms with Gasteiger partial charge in [0.2, 0.25) is 0 Å². The maximum atomic E-state index is 13.1. The third-order valence-corrected chi connectivity index (χ3v) is 14.9. The molecule has 43 nitrogen and oxygen atoms in total. The summed E-state index contributed by atoms with van der Waals surface area (Å²) in [5.74, 6) is -4.16. The number of carboxylic acid groups (broad SMARTS) is 2. The van der Waals surface area contributed by atoms with Gasteiger partial charge in [-0.25, -0.2) is 26.3 Å². The molecule has 0 saturated carbocycles. The fraction of sp³-hybridized carbons (Fsp3) is 0.941. The summed E-state index contributed by atoms with van der Waals surface area (Å²) in [5, 5.41) is 63.3. The lowest BCUT2D eigenvalue weighted by Gasteiger charge is -2.50. The number of aliphatic hydroxyl groups excluding tert-OH is 4. The number of hydrogen-bond donors (Lipinski definition) is 14. The Hall–Kier alpha value is -2.47. The Morgan fingerprint density at radius 3 is 1.32 bits per heavy atom. The number of aliphatic carboxylic acids is 2. The van der Waals surface area contributed by atoms with Gasteiger partial charge in [0.15, 0.2) is 49.8 Å². The van der Waals surface area contributed by atoms with Crippen LogP contribution in [0.25, 0.3) is 0 Å². The number of methoxy groups -OCH3 is 4. The first kappa shape index (κ1) is 70.3. The molecule has 16 N–H and O–H groups in total. The van der Waals surface area contributed by atoms with Crippen LogP contribution in [0.5, 0.6) is 0 Å². The van der Waals surface area contributed by atoms with Gasteiger partial charge in [0.1, 0.15) is 91.5 Å². The molecule has 5 aliphatic heterocycles. The first-order valence-electron chi connectivity index (χ1n) is 22.7. The van der Waals surface area contributed by atoms with Gasteiger partial charge in [0, 0.05) is 28.4 Å². The van der Waals surface area contributed by atoms with Crippen molar-refractivity contribution in [2.75, 3.05) is 48.3 Å². The van der Waals surface area contributed by atoms with Crippen LogP contribution in [0.1, 0.15) is 0 Å². The van der Waals surface area contributed by atoms with Crippen molar-refractivity contribution in [2.24, 2.45) is 11.5 Å². The van der Waals surface area contributed by atoms with Gasteiger partial charge in [-0.15, -0.1) is 0 Å². The van der Waals surface area contributed by atoms with Crippen molar-refractivity contribution in [3.05, 3.63) is 0 Å². The Balaban J connectivity index is 1.49. The average molecular weight is 1310 g/mol. The highest BCUT2D eigenvalue weighted by Gasteiger charge is 2.61. The molecule has 0 amide bonds. The van der Waals surface area contributed by atoms with Crippen molar-refractivity contribution in [3.8, 4) is 0 Å². The Morgan fingerprint density at radius 2 is 0.878 bits per heavy atom. The summed E-state index contributed by atoms with van der Waals surface area (Å²) in [6, 6.07) is -6.35. The van der Waals surface area contributed by atoms with Gasteiger partial charge < -0.3 is 104 Å². The predicted molar refractivity (Wildman–Crippen MR) is 245 cm³/mol. The lowest BCUT2D eigenvalue weighted by Crippen LogP contribution is -2.71. The van der Waals surface area contributed by atoms with Crippen molar-refractivity contribution < 1.29 is 183 Å². The van der Waals surface area contributed by atoms with E-state index in [0.717, 1.165) is 28.4 Å². The molecule has 5 saturated heterocycles. The first-order chi connectivity index (χ1) is 37.8. The fourth-order valence-corrected chi connectivity index (χ4v) is 11.7. The minimum atomic E-state index is -5.85. The molecule has 0 spiro atoms. The molecule has 5 rings (SSSR count). The molecule has 25 atom stereocenters. The number of hydrogen-bond acceptors (Lipinski definition) is 35. The fourth-order valence-electron chi connectivity index (χ4n) is 9.23. The van der Waals surface area contributed by atoms with Gasteiger partial charge in [-0.3, -0.25) is 22.8 Å². The van der Waals surface area contributed by atoms with Gasteiger partial charge in [-0.1, -0.05) is 0 Å². The summed E-state index contributed by atoms with van der Waals surface area (Å²) in [6.07, 6.45) is -49.8. The molecule has 48 heteroatoms. The van der Waals surface area contributed by atoms with Crippen molar-refractivity contribution in [2.45, 2.75) is 153 Å². The number of rotatable bonds is 27. The third-order valence-electron chi connectivity index (χ3n) is 12.5. The van der Waals surface area contributed by atoms with Crippen LogP contribution in [0.15, 0.2) is 0 Å². The number of ether oxygens (including phenoxy) is 13. The largest absolute Gasteiger partial charge is 0.479 e. The van der Waals surface area contributed by atoms with Crippen LogP contribution in [0.3, 0.4) is 0 Å². The molecule has 82 heavy (non-hydrogen) atoms. The number of carboxylic acids is 2. The molecule has 5 aliphatic rings. The highest BCUT2D eigenvalue weighted by Crippen LogP contribution is 2.39. The highest BCUT2D eigenvalue weighted by molar-refractivity contribution is 7.83. The van der Waals surface area contributed by atoms with E-state index in [1.165, 1.54) is 0 Å². The molecule has 0 unspecified atom stereocenters. The van der Waals surface area contributed by atoms with E-state index in [1.54, 1.807) is 4.72 Å². The number of nitrogens with two attached hydrogens (primary N) is 2. The molecule has 0 aromatic carbocycles. The number of nitrogens with one attached hydrogen (secondary N) is 1.